The van der Waals surface area contributed by atoms with E-state index < -0.39 is 0 Å². The number of hydrogen-bond acceptors (Lipinski definition) is 7. The summed E-state index contributed by atoms with van der Waals surface area (Å²) in [5.41, 5.74) is 1.25. The molecule has 146 valence electrons. The van der Waals surface area contributed by atoms with Crippen molar-refractivity contribution in [2.75, 3.05) is 24.3 Å². The Balaban J connectivity index is 1.46. The van der Waals surface area contributed by atoms with E-state index in [1.807, 2.05) is 18.4 Å². The number of carbonyl (C=O) groups is 1. The van der Waals surface area contributed by atoms with Gasteiger partial charge >= 0.3 is 0 Å². The van der Waals surface area contributed by atoms with E-state index >= 15 is 0 Å². The topological polar surface area (TPSA) is 82.5 Å². The number of ether oxygens (including phenoxy) is 2. The van der Waals surface area contributed by atoms with Crippen LogP contribution < -0.4 is 20.3 Å². The Morgan fingerprint density at radius 3 is 2.93 bits per heavy atom. The first kappa shape index (κ1) is 18.8. The largest absolute Gasteiger partial charge is 0.490 e. The number of carbonyl (C=O) groups excluding carboxylic acids is 1. The standard InChI is InChI=1S/C19H19N3O4S2/c1-2-22-18(24)17-13(6-9-27-17)21-19(22)28-11-16(23)20-12-4-5-14-15(10-12)26-8-3-7-25-14/h4-6,9-10H,2-3,7-8,11H2,1H3,(H,20,23). The number of fused-ring (bicyclic) bond motifs is 2. The van der Waals surface area contributed by atoms with Crippen LogP contribution in [-0.4, -0.2) is 34.4 Å². The number of nitrogens with one attached hydrogen (secondary N) is 1. The molecule has 1 aromatic carbocycles. The molecule has 0 unspecified atom stereocenters. The van der Waals surface area contributed by atoms with Crippen molar-refractivity contribution >= 4 is 44.9 Å². The Labute approximate surface area is 169 Å². The zero-order valence-corrected chi connectivity index (χ0v) is 16.9. The van der Waals surface area contributed by atoms with E-state index in [0.717, 1.165) is 6.42 Å². The lowest BCUT2D eigenvalue weighted by molar-refractivity contribution is -0.113. The van der Waals surface area contributed by atoms with E-state index in [9.17, 15) is 9.59 Å². The smallest absolute Gasteiger partial charge is 0.272 e. The molecule has 28 heavy (non-hydrogen) atoms. The van der Waals surface area contributed by atoms with E-state index in [4.69, 9.17) is 9.47 Å². The number of rotatable bonds is 5. The molecular weight excluding hydrogens is 398 g/mol. The summed E-state index contributed by atoms with van der Waals surface area (Å²) in [7, 11) is 0. The molecule has 0 saturated heterocycles. The average molecular weight is 418 g/mol. The molecule has 1 aliphatic heterocycles. The number of benzene rings is 1. The van der Waals surface area contributed by atoms with Crippen LogP contribution >= 0.6 is 23.1 Å². The zero-order chi connectivity index (χ0) is 19.5. The molecule has 0 saturated carbocycles. The molecule has 0 atom stereocenters. The van der Waals surface area contributed by atoms with Crippen molar-refractivity contribution in [3.63, 3.8) is 0 Å². The van der Waals surface area contributed by atoms with Crippen LogP contribution in [0.1, 0.15) is 13.3 Å². The third-order valence-corrected chi connectivity index (χ3v) is 6.08. The normalized spacial score (nSPS) is 13.3. The summed E-state index contributed by atoms with van der Waals surface area (Å²) < 4.78 is 13.5. The van der Waals surface area contributed by atoms with Crippen molar-refractivity contribution < 1.29 is 14.3 Å². The highest BCUT2D eigenvalue weighted by atomic mass is 32.2. The molecule has 3 heterocycles. The van der Waals surface area contributed by atoms with Crippen LogP contribution in [0.4, 0.5) is 5.69 Å². The molecule has 9 heteroatoms. The van der Waals surface area contributed by atoms with E-state index in [0.29, 0.717) is 52.3 Å². The van der Waals surface area contributed by atoms with Crippen LogP contribution in [-0.2, 0) is 11.3 Å². The van der Waals surface area contributed by atoms with Crippen molar-refractivity contribution in [3.05, 3.63) is 40.0 Å². The second-order valence-corrected chi connectivity index (χ2v) is 7.99. The van der Waals surface area contributed by atoms with Gasteiger partial charge in [0, 0.05) is 24.7 Å². The first-order valence-electron chi connectivity index (χ1n) is 8.96. The van der Waals surface area contributed by atoms with E-state index in [-0.39, 0.29) is 17.2 Å². The predicted molar refractivity (Wildman–Crippen MR) is 111 cm³/mol. The number of thiophene rings is 1. The van der Waals surface area contributed by atoms with Crippen LogP contribution in [0.3, 0.4) is 0 Å². The first-order valence-corrected chi connectivity index (χ1v) is 10.8. The summed E-state index contributed by atoms with van der Waals surface area (Å²) in [5.74, 6) is 1.29. The summed E-state index contributed by atoms with van der Waals surface area (Å²) in [6.07, 6.45) is 0.827. The van der Waals surface area contributed by atoms with Gasteiger partial charge in [0.2, 0.25) is 5.91 Å². The lowest BCUT2D eigenvalue weighted by Gasteiger charge is -2.11. The van der Waals surface area contributed by atoms with Gasteiger partial charge in [-0.3, -0.25) is 14.2 Å². The van der Waals surface area contributed by atoms with Gasteiger partial charge in [-0.1, -0.05) is 11.8 Å². The summed E-state index contributed by atoms with van der Waals surface area (Å²) in [6, 6.07) is 7.17. The molecule has 4 rings (SSSR count). The maximum absolute atomic E-state index is 12.5. The zero-order valence-electron chi connectivity index (χ0n) is 15.3. The Morgan fingerprint density at radius 2 is 2.11 bits per heavy atom. The van der Waals surface area contributed by atoms with Gasteiger partial charge in [-0.25, -0.2) is 4.98 Å². The predicted octanol–water partition coefficient (Wildman–Crippen LogP) is 3.37. The quantitative estimate of drug-likeness (QED) is 0.506. The summed E-state index contributed by atoms with van der Waals surface area (Å²) in [5, 5.41) is 5.26. The van der Waals surface area contributed by atoms with E-state index in [2.05, 4.69) is 10.3 Å². The summed E-state index contributed by atoms with van der Waals surface area (Å²) in [4.78, 5) is 29.5. The van der Waals surface area contributed by atoms with Gasteiger partial charge in [-0.05, 0) is 30.5 Å². The first-order chi connectivity index (χ1) is 13.7. The minimum atomic E-state index is -0.179. The monoisotopic (exact) mass is 417 g/mol. The minimum Gasteiger partial charge on any atom is -0.490 e. The maximum atomic E-state index is 12.5. The van der Waals surface area contributed by atoms with Crippen LogP contribution in [0.2, 0.25) is 0 Å². The highest BCUT2D eigenvalue weighted by Gasteiger charge is 2.15. The third-order valence-electron chi connectivity index (χ3n) is 4.21. The molecule has 1 amide bonds. The Hall–Kier alpha value is -2.52. The molecule has 0 fully saturated rings. The Morgan fingerprint density at radius 1 is 1.29 bits per heavy atom. The number of thioether (sulfide) groups is 1. The fourth-order valence-electron chi connectivity index (χ4n) is 2.88. The van der Waals surface area contributed by atoms with Crippen molar-refractivity contribution in [1.29, 1.82) is 0 Å². The SMILES string of the molecule is CCn1c(SCC(=O)Nc2ccc3c(c2)OCCCO3)nc2ccsc2c1=O. The molecule has 3 aromatic rings. The number of anilines is 1. The van der Waals surface area contributed by atoms with Gasteiger partial charge in [0.1, 0.15) is 4.70 Å². The second kappa shape index (κ2) is 8.24. The molecule has 1 N–H and O–H groups in total. The van der Waals surface area contributed by atoms with E-state index in [1.165, 1.54) is 23.1 Å². The van der Waals surface area contributed by atoms with Crippen LogP contribution in [0, 0.1) is 0 Å². The molecular formula is C19H19N3O4S2. The Bertz CT molecular complexity index is 1080. The second-order valence-electron chi connectivity index (χ2n) is 6.13. The minimum absolute atomic E-state index is 0.0618. The number of aromatic nitrogens is 2. The summed E-state index contributed by atoms with van der Waals surface area (Å²) >= 11 is 2.64. The lowest BCUT2D eigenvalue weighted by Crippen LogP contribution is -2.22. The van der Waals surface area contributed by atoms with Gasteiger partial charge in [-0.2, -0.15) is 0 Å². The van der Waals surface area contributed by atoms with Crippen molar-refractivity contribution in [2.24, 2.45) is 0 Å². The van der Waals surface area contributed by atoms with E-state index in [1.54, 1.807) is 22.8 Å². The van der Waals surface area contributed by atoms with Crippen molar-refractivity contribution in [1.82, 2.24) is 9.55 Å². The van der Waals surface area contributed by atoms with Gasteiger partial charge in [-0.15, -0.1) is 11.3 Å². The number of nitrogens with zero attached hydrogens (tertiary/aromatic N) is 2. The molecule has 0 aliphatic carbocycles. The fourth-order valence-corrected chi connectivity index (χ4v) is 4.52. The summed E-state index contributed by atoms with van der Waals surface area (Å²) in [6.45, 7) is 3.61. The molecule has 0 radical (unpaired) electrons. The highest BCUT2D eigenvalue weighted by molar-refractivity contribution is 7.99. The van der Waals surface area contributed by atoms with Gasteiger partial charge in [0.05, 0.1) is 24.5 Å². The molecule has 0 bridgehead atoms. The van der Waals surface area contributed by atoms with Gasteiger partial charge in [0.25, 0.3) is 5.56 Å². The van der Waals surface area contributed by atoms with Gasteiger partial charge in [0.15, 0.2) is 16.7 Å². The fraction of sp³-hybridized carbons (Fsp3) is 0.316. The van der Waals surface area contributed by atoms with Gasteiger partial charge < -0.3 is 14.8 Å². The third kappa shape index (κ3) is 3.85. The van der Waals surface area contributed by atoms with Crippen LogP contribution in [0.25, 0.3) is 10.2 Å². The number of amides is 1. The lowest BCUT2D eigenvalue weighted by atomic mass is 10.2. The molecule has 2 aromatic heterocycles. The molecule has 0 spiro atoms. The highest BCUT2D eigenvalue weighted by Crippen LogP contribution is 2.32. The van der Waals surface area contributed by atoms with Crippen molar-refractivity contribution in [3.8, 4) is 11.5 Å². The van der Waals surface area contributed by atoms with Crippen molar-refractivity contribution in [2.45, 2.75) is 25.0 Å². The maximum Gasteiger partial charge on any atom is 0.272 e. The Kier molecular flexibility index (Phi) is 5.54. The average Bonchev–Trinajstić information content (AvgIpc) is 3.04. The molecule has 7 nitrogen and oxygen atoms in total. The molecule has 1 aliphatic rings. The van der Waals surface area contributed by atoms with Crippen LogP contribution in [0.15, 0.2) is 39.6 Å². The van der Waals surface area contributed by atoms with Crippen LogP contribution in [0.5, 0.6) is 11.5 Å². The number of hydrogen-bond donors (Lipinski definition) is 1.